The van der Waals surface area contributed by atoms with Crippen LogP contribution in [0.2, 0.25) is 5.02 Å². The van der Waals surface area contributed by atoms with Crippen LogP contribution in [0.15, 0.2) is 48.5 Å². The highest BCUT2D eigenvalue weighted by molar-refractivity contribution is 7.92. The molecule has 1 heterocycles. The first kappa shape index (κ1) is 17.8. The van der Waals surface area contributed by atoms with E-state index in [1.54, 1.807) is 29.2 Å². The minimum Gasteiger partial charge on any atom is -0.311 e. The first-order chi connectivity index (χ1) is 11.9. The lowest BCUT2D eigenvalue weighted by atomic mass is 10.0. The van der Waals surface area contributed by atoms with Crippen LogP contribution in [0, 0.1) is 0 Å². The van der Waals surface area contributed by atoms with Gasteiger partial charge in [0.2, 0.25) is 15.9 Å². The van der Waals surface area contributed by atoms with Crippen LogP contribution in [0.1, 0.15) is 12.0 Å². The number of anilines is 2. The zero-order valence-corrected chi connectivity index (χ0v) is 15.4. The van der Waals surface area contributed by atoms with E-state index in [1.807, 2.05) is 24.3 Å². The molecule has 0 saturated heterocycles. The molecule has 3 rings (SSSR count). The van der Waals surface area contributed by atoms with E-state index in [0.717, 1.165) is 34.7 Å². The zero-order valence-electron chi connectivity index (χ0n) is 13.9. The molecule has 0 atom stereocenters. The van der Waals surface area contributed by atoms with E-state index in [4.69, 9.17) is 11.6 Å². The molecule has 2 aromatic carbocycles. The fourth-order valence-electron chi connectivity index (χ4n) is 3.01. The first-order valence-electron chi connectivity index (χ1n) is 7.98. The molecule has 7 heteroatoms. The molecule has 0 aliphatic carbocycles. The Balaban J connectivity index is 1.88. The molecular formula is C18H19ClN2O3S. The van der Waals surface area contributed by atoms with Crippen LogP contribution in [0.5, 0.6) is 0 Å². The average Bonchev–Trinajstić information content (AvgIpc) is 2.59. The lowest BCUT2D eigenvalue weighted by Gasteiger charge is -2.31. The van der Waals surface area contributed by atoms with Crippen LogP contribution in [0.4, 0.5) is 11.4 Å². The normalized spacial score (nSPS) is 14.1. The molecule has 0 radical (unpaired) electrons. The molecule has 0 saturated carbocycles. The van der Waals surface area contributed by atoms with E-state index in [0.29, 0.717) is 17.3 Å². The van der Waals surface area contributed by atoms with Gasteiger partial charge in [-0.15, -0.1) is 0 Å². The molecule has 1 aliphatic heterocycles. The van der Waals surface area contributed by atoms with Crippen LogP contribution in [0.3, 0.4) is 0 Å². The van der Waals surface area contributed by atoms with Gasteiger partial charge in [-0.3, -0.25) is 9.10 Å². The van der Waals surface area contributed by atoms with E-state index in [9.17, 15) is 13.2 Å². The number of nitrogens with zero attached hydrogens (tertiary/aromatic N) is 2. The van der Waals surface area contributed by atoms with Gasteiger partial charge in [0.25, 0.3) is 0 Å². The summed E-state index contributed by atoms with van der Waals surface area (Å²) in [7, 11) is -3.60. The van der Waals surface area contributed by atoms with Crippen molar-refractivity contribution in [3.8, 4) is 0 Å². The Labute approximate surface area is 152 Å². The van der Waals surface area contributed by atoms with Gasteiger partial charge in [-0.25, -0.2) is 8.42 Å². The van der Waals surface area contributed by atoms with Crippen LogP contribution in [-0.4, -0.2) is 33.7 Å². The van der Waals surface area contributed by atoms with Crippen molar-refractivity contribution in [3.63, 3.8) is 0 Å². The van der Waals surface area contributed by atoms with E-state index in [1.165, 1.54) is 0 Å². The van der Waals surface area contributed by atoms with E-state index >= 15 is 0 Å². The van der Waals surface area contributed by atoms with E-state index in [2.05, 4.69) is 0 Å². The number of rotatable bonds is 4. The third kappa shape index (κ3) is 3.96. The Kier molecular flexibility index (Phi) is 5.01. The number of carbonyl (C=O) groups is 1. The summed E-state index contributed by atoms with van der Waals surface area (Å²) in [6, 6.07) is 14.1. The second-order valence-corrected chi connectivity index (χ2v) is 8.37. The van der Waals surface area contributed by atoms with Gasteiger partial charge < -0.3 is 4.90 Å². The first-order valence-corrected chi connectivity index (χ1v) is 10.2. The highest BCUT2D eigenvalue weighted by atomic mass is 35.5. The maximum absolute atomic E-state index is 12.9. The lowest BCUT2D eigenvalue weighted by Crippen LogP contribution is -2.44. The maximum Gasteiger partial charge on any atom is 0.247 e. The van der Waals surface area contributed by atoms with Crippen molar-refractivity contribution in [2.45, 2.75) is 12.8 Å². The summed E-state index contributed by atoms with van der Waals surface area (Å²) in [5.41, 5.74) is 2.40. The second-order valence-electron chi connectivity index (χ2n) is 6.02. The maximum atomic E-state index is 12.9. The van der Waals surface area contributed by atoms with Gasteiger partial charge in [-0.05, 0) is 48.7 Å². The Morgan fingerprint density at radius 1 is 1.16 bits per heavy atom. The quantitative estimate of drug-likeness (QED) is 0.821. The molecule has 0 bridgehead atoms. The Bertz CT molecular complexity index is 881. The van der Waals surface area contributed by atoms with Gasteiger partial charge in [0, 0.05) is 17.3 Å². The molecule has 0 aromatic heterocycles. The number of halogens is 1. The standard InChI is InChI=1S/C18H19ClN2O3S/c1-25(23,24)21(16-10-8-15(19)9-11-16)13-18(22)20-12-4-6-14-5-2-3-7-17(14)20/h2-3,5,7-11H,4,6,12-13H2,1H3. The number of benzene rings is 2. The molecular weight excluding hydrogens is 360 g/mol. The van der Waals surface area contributed by atoms with Crippen LogP contribution >= 0.6 is 11.6 Å². The fraction of sp³-hybridized carbons (Fsp3) is 0.278. The molecule has 132 valence electrons. The molecule has 2 aromatic rings. The summed E-state index contributed by atoms with van der Waals surface area (Å²) in [5.74, 6) is -0.243. The Morgan fingerprint density at radius 3 is 2.52 bits per heavy atom. The average molecular weight is 379 g/mol. The van der Waals surface area contributed by atoms with Gasteiger partial charge in [0.05, 0.1) is 11.9 Å². The summed E-state index contributed by atoms with van der Waals surface area (Å²) in [4.78, 5) is 14.5. The summed E-state index contributed by atoms with van der Waals surface area (Å²) < 4.78 is 25.5. The van der Waals surface area contributed by atoms with Crippen LogP contribution in [-0.2, 0) is 21.2 Å². The minimum atomic E-state index is -3.60. The molecule has 5 nitrogen and oxygen atoms in total. The highest BCUT2D eigenvalue weighted by Crippen LogP contribution is 2.27. The van der Waals surface area contributed by atoms with Crippen molar-refractivity contribution >= 4 is 38.9 Å². The van der Waals surface area contributed by atoms with E-state index < -0.39 is 10.0 Å². The van der Waals surface area contributed by atoms with Gasteiger partial charge in [-0.1, -0.05) is 29.8 Å². The predicted molar refractivity (Wildman–Crippen MR) is 101 cm³/mol. The number of fused-ring (bicyclic) bond motifs is 1. The van der Waals surface area contributed by atoms with Crippen LogP contribution < -0.4 is 9.21 Å². The molecule has 1 aliphatic rings. The number of amides is 1. The fourth-order valence-corrected chi connectivity index (χ4v) is 3.98. The smallest absolute Gasteiger partial charge is 0.247 e. The summed E-state index contributed by atoms with van der Waals surface area (Å²) in [6.07, 6.45) is 2.88. The Morgan fingerprint density at radius 2 is 1.84 bits per heavy atom. The van der Waals surface area contributed by atoms with Crippen molar-refractivity contribution in [1.82, 2.24) is 0 Å². The topological polar surface area (TPSA) is 57.7 Å². The SMILES string of the molecule is CS(=O)(=O)N(CC(=O)N1CCCc2ccccc21)c1ccc(Cl)cc1. The van der Waals surface area contributed by atoms with Gasteiger partial charge >= 0.3 is 0 Å². The second kappa shape index (κ2) is 7.06. The number of sulfonamides is 1. The molecule has 0 unspecified atom stereocenters. The summed E-state index contributed by atoms with van der Waals surface area (Å²) >= 11 is 5.87. The van der Waals surface area contributed by atoms with Gasteiger partial charge in [0.1, 0.15) is 6.54 Å². The molecule has 0 spiro atoms. The Hall–Kier alpha value is -2.05. The van der Waals surface area contributed by atoms with Crippen LogP contribution in [0.25, 0.3) is 0 Å². The minimum absolute atomic E-state index is 0.241. The summed E-state index contributed by atoms with van der Waals surface area (Å²) in [5, 5.41) is 0.508. The third-order valence-electron chi connectivity index (χ3n) is 4.21. The molecule has 1 amide bonds. The highest BCUT2D eigenvalue weighted by Gasteiger charge is 2.27. The third-order valence-corrected chi connectivity index (χ3v) is 5.60. The number of hydrogen-bond donors (Lipinski definition) is 0. The van der Waals surface area contributed by atoms with Gasteiger partial charge in [0.15, 0.2) is 0 Å². The van der Waals surface area contributed by atoms with E-state index in [-0.39, 0.29) is 12.5 Å². The van der Waals surface area contributed by atoms with Crippen molar-refractivity contribution in [2.24, 2.45) is 0 Å². The zero-order chi connectivity index (χ0) is 18.0. The molecule has 0 fully saturated rings. The summed E-state index contributed by atoms with van der Waals surface area (Å²) in [6.45, 7) is 0.350. The van der Waals surface area contributed by atoms with Crippen molar-refractivity contribution in [3.05, 3.63) is 59.1 Å². The number of para-hydroxylation sites is 1. The lowest BCUT2D eigenvalue weighted by molar-refractivity contribution is -0.117. The molecule has 25 heavy (non-hydrogen) atoms. The van der Waals surface area contributed by atoms with Crippen molar-refractivity contribution < 1.29 is 13.2 Å². The number of carbonyl (C=O) groups excluding carboxylic acids is 1. The van der Waals surface area contributed by atoms with Crippen molar-refractivity contribution in [2.75, 3.05) is 28.6 Å². The number of aryl methyl sites for hydroxylation is 1. The van der Waals surface area contributed by atoms with Gasteiger partial charge in [-0.2, -0.15) is 0 Å². The monoisotopic (exact) mass is 378 g/mol. The van der Waals surface area contributed by atoms with Crippen molar-refractivity contribution in [1.29, 1.82) is 0 Å². The number of hydrogen-bond acceptors (Lipinski definition) is 3. The molecule has 0 N–H and O–H groups in total. The predicted octanol–water partition coefficient (Wildman–Crippen LogP) is 3.09. The largest absolute Gasteiger partial charge is 0.311 e.